The second-order valence-electron chi connectivity index (χ2n) is 8.53. The molecule has 28 heavy (non-hydrogen) atoms. The second-order valence-corrected chi connectivity index (χ2v) is 10.6. The minimum atomic E-state index is -3.50. The highest BCUT2D eigenvalue weighted by molar-refractivity contribution is 7.91. The molecule has 1 aromatic rings. The highest BCUT2D eigenvalue weighted by Crippen LogP contribution is 2.33. The molecule has 0 amide bonds. The summed E-state index contributed by atoms with van der Waals surface area (Å²) in [6.07, 6.45) is 6.84. The molecule has 2 aliphatic carbocycles. The van der Waals surface area contributed by atoms with E-state index < -0.39 is 21.0 Å². The monoisotopic (exact) mass is 406 g/mol. The van der Waals surface area contributed by atoms with Crippen molar-refractivity contribution in [3.05, 3.63) is 29.8 Å². The topological polar surface area (TPSA) is 102 Å². The summed E-state index contributed by atoms with van der Waals surface area (Å²) in [7, 11) is -3.50. The van der Waals surface area contributed by atoms with Gasteiger partial charge in [0, 0.05) is 19.6 Å². The largest absolute Gasteiger partial charge is 0.389 e. The van der Waals surface area contributed by atoms with Crippen LogP contribution in [0.5, 0.6) is 0 Å². The maximum absolute atomic E-state index is 12.7. The normalized spacial score (nSPS) is 21.1. The van der Waals surface area contributed by atoms with Crippen molar-refractivity contribution < 1.29 is 18.6 Å². The van der Waals surface area contributed by atoms with Gasteiger partial charge >= 0.3 is 0 Å². The van der Waals surface area contributed by atoms with Gasteiger partial charge in [0.05, 0.1) is 33.5 Å². The van der Waals surface area contributed by atoms with Gasteiger partial charge in [0.25, 0.3) is 0 Å². The van der Waals surface area contributed by atoms with Gasteiger partial charge < -0.3 is 10.2 Å². The molecule has 0 saturated heterocycles. The molecule has 1 aromatic carbocycles. The molecule has 0 atom stereocenters. The molecule has 0 aliphatic heterocycles. The van der Waals surface area contributed by atoms with Crippen LogP contribution in [0.25, 0.3) is 0 Å². The molecule has 7 heteroatoms. The van der Waals surface area contributed by atoms with Crippen LogP contribution >= 0.6 is 0 Å². The van der Waals surface area contributed by atoms with Crippen LogP contribution in [-0.4, -0.2) is 60.1 Å². The molecule has 0 heterocycles. The summed E-state index contributed by atoms with van der Waals surface area (Å²) in [6, 6.07) is 7.93. The van der Waals surface area contributed by atoms with Crippen LogP contribution in [0.4, 0.5) is 0 Å². The standard InChI is InChI=1S/C21H30N2O4S/c22-15-18-5-7-19(8-6-18)28(26,27)14-13-23(16-20(24)9-1-2-10-20)17-21(25)11-3-4-12-21/h5-8,24-25H,1-4,9-14,16-17H2. The zero-order valence-corrected chi connectivity index (χ0v) is 17.1. The van der Waals surface area contributed by atoms with Crippen LogP contribution in [0.2, 0.25) is 0 Å². The van der Waals surface area contributed by atoms with Gasteiger partial charge in [-0.05, 0) is 49.9 Å². The number of rotatable bonds is 8. The van der Waals surface area contributed by atoms with Crippen molar-refractivity contribution in [2.75, 3.05) is 25.4 Å². The lowest BCUT2D eigenvalue weighted by Gasteiger charge is -2.36. The summed E-state index contributed by atoms with van der Waals surface area (Å²) in [6.45, 7) is 1.07. The van der Waals surface area contributed by atoms with Crippen molar-refractivity contribution in [2.45, 2.75) is 67.5 Å². The number of nitrogens with zero attached hydrogens (tertiary/aromatic N) is 2. The Bertz CT molecular complexity index is 778. The van der Waals surface area contributed by atoms with Gasteiger partial charge in [0.15, 0.2) is 9.84 Å². The molecule has 0 radical (unpaired) electrons. The summed E-state index contributed by atoms with van der Waals surface area (Å²) in [4.78, 5) is 2.14. The summed E-state index contributed by atoms with van der Waals surface area (Å²) >= 11 is 0. The molecular formula is C21H30N2O4S. The molecule has 154 valence electrons. The lowest BCUT2D eigenvalue weighted by atomic mass is 9.98. The maximum atomic E-state index is 12.7. The lowest BCUT2D eigenvalue weighted by Crippen LogP contribution is -2.49. The van der Waals surface area contributed by atoms with E-state index >= 15 is 0 Å². The summed E-state index contributed by atoms with van der Waals surface area (Å²) < 4.78 is 25.5. The molecule has 0 aromatic heterocycles. The van der Waals surface area contributed by atoms with Gasteiger partial charge in [0.1, 0.15) is 0 Å². The Morgan fingerprint density at radius 1 is 0.929 bits per heavy atom. The van der Waals surface area contributed by atoms with Gasteiger partial charge in [-0.15, -0.1) is 0 Å². The highest BCUT2D eigenvalue weighted by Gasteiger charge is 2.38. The Kier molecular flexibility index (Phi) is 6.45. The van der Waals surface area contributed by atoms with E-state index in [2.05, 4.69) is 0 Å². The van der Waals surface area contributed by atoms with Crippen LogP contribution in [0, 0.1) is 11.3 Å². The number of hydrogen-bond donors (Lipinski definition) is 2. The average molecular weight is 407 g/mol. The molecule has 6 nitrogen and oxygen atoms in total. The number of sulfone groups is 1. The summed E-state index contributed by atoms with van der Waals surface area (Å²) in [5.41, 5.74) is -1.15. The van der Waals surface area contributed by atoms with Crippen LogP contribution in [0.3, 0.4) is 0 Å². The quantitative estimate of drug-likeness (QED) is 0.687. The fraction of sp³-hybridized carbons (Fsp3) is 0.667. The first kappa shape index (κ1) is 21.3. The zero-order valence-electron chi connectivity index (χ0n) is 16.3. The number of hydrogen-bond acceptors (Lipinski definition) is 6. The van der Waals surface area contributed by atoms with Crippen molar-refractivity contribution in [1.29, 1.82) is 5.26 Å². The molecular weight excluding hydrogens is 376 g/mol. The third-order valence-corrected chi connectivity index (χ3v) is 7.83. The van der Waals surface area contributed by atoms with E-state index in [1.165, 1.54) is 24.3 Å². The van der Waals surface area contributed by atoms with E-state index in [0.29, 0.717) is 18.7 Å². The van der Waals surface area contributed by atoms with E-state index in [0.717, 1.165) is 51.4 Å². The molecule has 0 unspecified atom stereocenters. The fourth-order valence-electron chi connectivity index (χ4n) is 4.53. The predicted octanol–water partition coefficient (Wildman–Crippen LogP) is 2.24. The smallest absolute Gasteiger partial charge is 0.179 e. The molecule has 2 saturated carbocycles. The maximum Gasteiger partial charge on any atom is 0.179 e. The second kappa shape index (κ2) is 8.50. The number of nitriles is 1. The fourth-order valence-corrected chi connectivity index (χ4v) is 5.82. The Labute approximate surface area is 167 Å². The molecule has 0 bridgehead atoms. The van der Waals surface area contributed by atoms with Gasteiger partial charge in [-0.2, -0.15) is 5.26 Å². The minimum Gasteiger partial charge on any atom is -0.389 e. The van der Waals surface area contributed by atoms with Crippen LogP contribution in [-0.2, 0) is 9.84 Å². The van der Waals surface area contributed by atoms with E-state index in [-0.39, 0.29) is 17.2 Å². The summed E-state index contributed by atoms with van der Waals surface area (Å²) in [5, 5.41) is 30.5. The number of benzene rings is 1. The van der Waals surface area contributed by atoms with Crippen molar-refractivity contribution in [3.8, 4) is 6.07 Å². The Balaban J connectivity index is 1.69. The predicted molar refractivity (Wildman–Crippen MR) is 106 cm³/mol. The van der Waals surface area contributed by atoms with Crippen molar-refractivity contribution >= 4 is 9.84 Å². The van der Waals surface area contributed by atoms with Gasteiger partial charge in [-0.25, -0.2) is 8.42 Å². The SMILES string of the molecule is N#Cc1ccc(S(=O)(=O)CCN(CC2(O)CCCC2)CC2(O)CCCC2)cc1. The van der Waals surface area contributed by atoms with E-state index in [9.17, 15) is 18.6 Å². The zero-order chi connectivity index (χ0) is 20.3. The lowest BCUT2D eigenvalue weighted by molar-refractivity contribution is -0.0311. The Morgan fingerprint density at radius 3 is 1.82 bits per heavy atom. The first-order valence-electron chi connectivity index (χ1n) is 10.1. The molecule has 2 N–H and O–H groups in total. The van der Waals surface area contributed by atoms with Gasteiger partial charge in [-0.1, -0.05) is 25.7 Å². The van der Waals surface area contributed by atoms with Gasteiger partial charge in [-0.3, -0.25) is 4.90 Å². The molecule has 3 rings (SSSR count). The molecule has 0 spiro atoms. The Hall–Kier alpha value is -1.46. The average Bonchev–Trinajstić information content (AvgIpc) is 3.28. The highest BCUT2D eigenvalue weighted by atomic mass is 32.2. The van der Waals surface area contributed by atoms with Crippen LogP contribution in [0.1, 0.15) is 56.9 Å². The van der Waals surface area contributed by atoms with Crippen molar-refractivity contribution in [3.63, 3.8) is 0 Å². The van der Waals surface area contributed by atoms with E-state index in [1.54, 1.807) is 0 Å². The minimum absolute atomic E-state index is 0.0783. The first-order valence-corrected chi connectivity index (χ1v) is 11.8. The molecule has 2 fully saturated rings. The van der Waals surface area contributed by atoms with Crippen molar-refractivity contribution in [2.24, 2.45) is 0 Å². The van der Waals surface area contributed by atoms with E-state index in [1.807, 2.05) is 11.0 Å². The first-order chi connectivity index (χ1) is 13.2. The number of aliphatic hydroxyl groups is 2. The molecule has 2 aliphatic rings. The third kappa shape index (κ3) is 5.32. The Morgan fingerprint density at radius 2 is 1.39 bits per heavy atom. The third-order valence-electron chi connectivity index (χ3n) is 6.12. The van der Waals surface area contributed by atoms with Crippen LogP contribution in [0.15, 0.2) is 29.2 Å². The van der Waals surface area contributed by atoms with Crippen LogP contribution < -0.4 is 0 Å². The van der Waals surface area contributed by atoms with E-state index in [4.69, 9.17) is 5.26 Å². The summed E-state index contributed by atoms with van der Waals surface area (Å²) in [5.74, 6) is -0.0783. The van der Waals surface area contributed by atoms with Gasteiger partial charge in [0.2, 0.25) is 0 Å². The van der Waals surface area contributed by atoms with Crippen molar-refractivity contribution in [1.82, 2.24) is 4.90 Å².